The number of rotatable bonds is 4. The molecule has 0 saturated carbocycles. The zero-order valence-corrected chi connectivity index (χ0v) is 15.8. The smallest absolute Gasteiger partial charge is 0.297 e. The van der Waals surface area contributed by atoms with E-state index in [1.807, 2.05) is 23.1 Å². The van der Waals surface area contributed by atoms with Gasteiger partial charge in [-0.1, -0.05) is 11.2 Å². The summed E-state index contributed by atoms with van der Waals surface area (Å²) in [4.78, 5) is 35.8. The zero-order chi connectivity index (χ0) is 20.4. The molecule has 1 saturated heterocycles. The first-order valence-electron chi connectivity index (χ1n) is 9.21. The van der Waals surface area contributed by atoms with Gasteiger partial charge in [0.2, 0.25) is 11.7 Å². The lowest BCUT2D eigenvalue weighted by Gasteiger charge is -2.34. The molecule has 0 spiro atoms. The van der Waals surface area contributed by atoms with E-state index in [1.165, 1.54) is 24.1 Å². The van der Waals surface area contributed by atoms with Gasteiger partial charge < -0.3 is 19.8 Å². The Kier molecular flexibility index (Phi) is 4.98. The highest BCUT2D eigenvalue weighted by molar-refractivity contribution is 6.04. The number of anilines is 2. The summed E-state index contributed by atoms with van der Waals surface area (Å²) in [7, 11) is 1.52. The van der Waals surface area contributed by atoms with Gasteiger partial charge >= 0.3 is 0 Å². The lowest BCUT2D eigenvalue weighted by molar-refractivity contribution is 0.101. The van der Waals surface area contributed by atoms with Crippen LogP contribution in [0, 0.1) is 0 Å². The molecule has 1 atom stereocenters. The van der Waals surface area contributed by atoms with Crippen LogP contribution < -0.4 is 15.8 Å². The maximum Gasteiger partial charge on any atom is 0.297 e. The van der Waals surface area contributed by atoms with Crippen molar-refractivity contribution in [3.63, 3.8) is 0 Å². The third-order valence-corrected chi connectivity index (χ3v) is 4.96. The molecular formula is C19H20N6O4. The van der Waals surface area contributed by atoms with E-state index < -0.39 is 17.2 Å². The van der Waals surface area contributed by atoms with Crippen molar-refractivity contribution in [3.8, 4) is 5.75 Å². The molecular weight excluding hydrogens is 376 g/mol. The Hall–Kier alpha value is -3.69. The minimum atomic E-state index is -0.720. The molecule has 0 unspecified atom stereocenters. The predicted molar refractivity (Wildman–Crippen MR) is 104 cm³/mol. The fourth-order valence-corrected chi connectivity index (χ4v) is 3.49. The monoisotopic (exact) mass is 396 g/mol. The highest BCUT2D eigenvalue weighted by Gasteiger charge is 2.28. The summed E-state index contributed by atoms with van der Waals surface area (Å²) in [6.07, 6.45) is 6.16. The van der Waals surface area contributed by atoms with Crippen LogP contribution >= 0.6 is 0 Å². The largest absolute Gasteiger partial charge is 0.501 e. The molecule has 0 radical (unpaired) electrons. The fourth-order valence-electron chi connectivity index (χ4n) is 3.49. The van der Waals surface area contributed by atoms with Crippen LogP contribution in [0.4, 0.5) is 11.6 Å². The van der Waals surface area contributed by atoms with Gasteiger partial charge in [-0.15, -0.1) is 0 Å². The minimum absolute atomic E-state index is 0.185. The van der Waals surface area contributed by atoms with Crippen molar-refractivity contribution < 1.29 is 14.4 Å². The SMILES string of the molecule is Cn1c(N2CCC[C@H](c3ccccn3)C2)nc(C(=O)Nc2cnoc2)c(O)c1=O. The average molecular weight is 396 g/mol. The van der Waals surface area contributed by atoms with Gasteiger partial charge in [0.15, 0.2) is 5.69 Å². The molecule has 0 aromatic carbocycles. The van der Waals surface area contributed by atoms with E-state index >= 15 is 0 Å². The van der Waals surface area contributed by atoms with E-state index in [0.717, 1.165) is 18.5 Å². The Morgan fingerprint density at radius 1 is 1.38 bits per heavy atom. The van der Waals surface area contributed by atoms with Gasteiger partial charge in [0.25, 0.3) is 11.5 Å². The second kappa shape index (κ2) is 7.74. The minimum Gasteiger partial charge on any atom is -0.501 e. The van der Waals surface area contributed by atoms with Crippen molar-refractivity contribution in [2.24, 2.45) is 7.05 Å². The van der Waals surface area contributed by atoms with Crippen molar-refractivity contribution in [2.75, 3.05) is 23.3 Å². The molecule has 3 aromatic heterocycles. The number of amides is 1. The molecule has 1 aliphatic heterocycles. The van der Waals surface area contributed by atoms with Gasteiger partial charge in [-0.25, -0.2) is 4.98 Å². The molecule has 10 heteroatoms. The molecule has 2 N–H and O–H groups in total. The van der Waals surface area contributed by atoms with E-state index in [9.17, 15) is 14.7 Å². The molecule has 0 aliphatic carbocycles. The Balaban J connectivity index is 1.65. The van der Waals surface area contributed by atoms with Crippen LogP contribution in [0.15, 0.2) is 46.2 Å². The van der Waals surface area contributed by atoms with Crippen LogP contribution in [0.25, 0.3) is 0 Å². The highest BCUT2D eigenvalue weighted by Crippen LogP contribution is 2.28. The van der Waals surface area contributed by atoms with Gasteiger partial charge in [-0.3, -0.25) is 19.1 Å². The first kappa shape index (κ1) is 18.7. The summed E-state index contributed by atoms with van der Waals surface area (Å²) in [5.41, 5.74) is 0.243. The molecule has 4 heterocycles. The van der Waals surface area contributed by atoms with Gasteiger partial charge in [0, 0.05) is 37.9 Å². The Labute approximate surface area is 165 Å². The van der Waals surface area contributed by atoms with E-state index in [0.29, 0.717) is 24.7 Å². The molecule has 1 fully saturated rings. The van der Waals surface area contributed by atoms with E-state index in [2.05, 4.69) is 25.0 Å². The van der Waals surface area contributed by atoms with Crippen molar-refractivity contribution in [3.05, 3.63) is 58.6 Å². The van der Waals surface area contributed by atoms with E-state index in [-0.39, 0.29) is 11.6 Å². The summed E-state index contributed by atoms with van der Waals surface area (Å²) in [5.74, 6) is -0.916. The van der Waals surface area contributed by atoms with Gasteiger partial charge in [0.05, 0.1) is 6.20 Å². The van der Waals surface area contributed by atoms with E-state index in [4.69, 9.17) is 0 Å². The standard InChI is InChI=1S/C19H20N6O4/c1-24-18(28)16(26)15(17(27)22-13-9-21-29-11-13)23-19(24)25-8-4-5-12(10-25)14-6-2-3-7-20-14/h2-3,6-7,9,11-12,26H,4-5,8,10H2,1H3,(H,22,27)/t12-/m0/s1. The van der Waals surface area contributed by atoms with Crippen molar-refractivity contribution in [2.45, 2.75) is 18.8 Å². The maximum absolute atomic E-state index is 12.5. The number of hydrogen-bond acceptors (Lipinski definition) is 8. The first-order chi connectivity index (χ1) is 14.0. The second-order valence-corrected chi connectivity index (χ2v) is 6.88. The number of aromatic hydroxyl groups is 1. The topological polar surface area (TPSA) is 126 Å². The number of piperidine rings is 1. The lowest BCUT2D eigenvalue weighted by Crippen LogP contribution is -2.39. The molecule has 10 nitrogen and oxygen atoms in total. The Morgan fingerprint density at radius 2 is 2.24 bits per heavy atom. The van der Waals surface area contributed by atoms with Crippen LogP contribution in [0.3, 0.4) is 0 Å². The third-order valence-electron chi connectivity index (χ3n) is 4.96. The van der Waals surface area contributed by atoms with Crippen molar-refractivity contribution in [1.29, 1.82) is 0 Å². The number of pyridine rings is 1. The molecule has 150 valence electrons. The number of carbonyl (C=O) groups is 1. The highest BCUT2D eigenvalue weighted by atomic mass is 16.5. The number of nitrogens with zero attached hydrogens (tertiary/aromatic N) is 5. The van der Waals surface area contributed by atoms with Crippen LogP contribution in [0.1, 0.15) is 34.9 Å². The first-order valence-corrected chi connectivity index (χ1v) is 9.21. The Bertz CT molecular complexity index is 1060. The average Bonchev–Trinajstić information content (AvgIpc) is 3.26. The van der Waals surface area contributed by atoms with E-state index in [1.54, 1.807) is 6.20 Å². The van der Waals surface area contributed by atoms with Crippen LogP contribution in [0.2, 0.25) is 0 Å². The normalized spacial score (nSPS) is 16.6. The van der Waals surface area contributed by atoms with Crippen LogP contribution in [0.5, 0.6) is 5.75 Å². The zero-order valence-electron chi connectivity index (χ0n) is 15.8. The number of carbonyl (C=O) groups excluding carboxylic acids is 1. The quantitative estimate of drug-likeness (QED) is 0.679. The lowest BCUT2D eigenvalue weighted by atomic mass is 9.94. The van der Waals surface area contributed by atoms with Crippen molar-refractivity contribution in [1.82, 2.24) is 19.7 Å². The Morgan fingerprint density at radius 3 is 2.97 bits per heavy atom. The molecule has 1 aliphatic rings. The summed E-state index contributed by atoms with van der Waals surface area (Å²) < 4.78 is 5.93. The van der Waals surface area contributed by atoms with Gasteiger partial charge in [-0.2, -0.15) is 0 Å². The second-order valence-electron chi connectivity index (χ2n) is 6.88. The molecule has 3 aromatic rings. The number of aromatic nitrogens is 4. The molecule has 1 amide bonds. The maximum atomic E-state index is 12.5. The summed E-state index contributed by atoms with van der Waals surface area (Å²) in [5, 5.41) is 16.2. The van der Waals surface area contributed by atoms with Crippen LogP contribution in [-0.2, 0) is 7.05 Å². The summed E-state index contributed by atoms with van der Waals surface area (Å²) >= 11 is 0. The molecule has 29 heavy (non-hydrogen) atoms. The third kappa shape index (κ3) is 3.68. The predicted octanol–water partition coefficient (Wildman–Crippen LogP) is 1.51. The van der Waals surface area contributed by atoms with Gasteiger partial charge in [0.1, 0.15) is 12.0 Å². The fraction of sp³-hybridized carbons (Fsp3) is 0.316. The van der Waals surface area contributed by atoms with Crippen LogP contribution in [-0.4, -0.2) is 43.8 Å². The summed E-state index contributed by atoms with van der Waals surface area (Å²) in [6.45, 7) is 1.29. The molecule has 0 bridgehead atoms. The summed E-state index contributed by atoms with van der Waals surface area (Å²) in [6, 6.07) is 5.80. The number of hydrogen-bond donors (Lipinski definition) is 2. The van der Waals surface area contributed by atoms with Crippen molar-refractivity contribution >= 4 is 17.5 Å². The number of nitrogens with one attached hydrogen (secondary N) is 1. The van der Waals surface area contributed by atoms with Gasteiger partial charge in [-0.05, 0) is 25.0 Å². The molecule has 4 rings (SSSR count).